The molecule has 0 atom stereocenters. The molecule has 2 aromatic carbocycles. The minimum Gasteiger partial charge on any atom is -0.356 e. The number of nitrogens with one attached hydrogen (secondary N) is 1. The molecule has 30 heavy (non-hydrogen) atoms. The summed E-state index contributed by atoms with van der Waals surface area (Å²) in [5, 5.41) is 12.4. The van der Waals surface area contributed by atoms with Crippen LogP contribution in [0.2, 0.25) is 0 Å². The summed E-state index contributed by atoms with van der Waals surface area (Å²) in [5.41, 5.74) is 2.87. The molecular formula is C23H27N5OS. The number of hydrogen-bond donors (Lipinski definition) is 1. The van der Waals surface area contributed by atoms with Crippen molar-refractivity contribution in [3.63, 3.8) is 0 Å². The van der Waals surface area contributed by atoms with Gasteiger partial charge in [0.2, 0.25) is 5.91 Å². The highest BCUT2D eigenvalue weighted by Crippen LogP contribution is 2.25. The summed E-state index contributed by atoms with van der Waals surface area (Å²) >= 11 is 1.40. The highest BCUT2D eigenvalue weighted by Gasteiger charge is 2.20. The van der Waals surface area contributed by atoms with Gasteiger partial charge in [-0.15, -0.1) is 16.8 Å². The lowest BCUT2D eigenvalue weighted by molar-refractivity contribution is -0.116. The number of rotatable bonds is 9. The van der Waals surface area contributed by atoms with Crippen LogP contribution in [0.3, 0.4) is 0 Å². The Kier molecular flexibility index (Phi) is 7.30. The molecule has 6 nitrogen and oxygen atoms in total. The zero-order chi connectivity index (χ0) is 21.5. The summed E-state index contributed by atoms with van der Waals surface area (Å²) in [6.45, 7) is 10.3. The van der Waals surface area contributed by atoms with Crippen molar-refractivity contribution in [2.24, 2.45) is 0 Å². The van der Waals surface area contributed by atoms with Gasteiger partial charge in [-0.25, -0.2) is 0 Å². The van der Waals surface area contributed by atoms with Gasteiger partial charge >= 0.3 is 0 Å². The maximum absolute atomic E-state index is 13.0. The zero-order valence-electron chi connectivity index (χ0n) is 17.6. The average Bonchev–Trinajstić information content (AvgIpc) is 3.08. The molecule has 7 heteroatoms. The molecule has 0 saturated heterocycles. The molecule has 0 aliphatic carbocycles. The molecule has 0 spiro atoms. The van der Waals surface area contributed by atoms with Gasteiger partial charge in [-0.1, -0.05) is 36.0 Å². The van der Waals surface area contributed by atoms with Crippen molar-refractivity contribution in [2.75, 3.05) is 16.0 Å². The first kappa shape index (κ1) is 21.6. The molecule has 0 bridgehead atoms. The minimum atomic E-state index is 0.0320. The van der Waals surface area contributed by atoms with Crippen molar-refractivity contribution in [2.45, 2.75) is 38.5 Å². The first-order chi connectivity index (χ1) is 14.5. The first-order valence-corrected chi connectivity index (χ1v) is 10.9. The average molecular weight is 422 g/mol. The molecule has 0 aliphatic rings. The number of thioether (sulfide) groups is 1. The number of nitrogens with zero attached hydrogens (tertiary/aromatic N) is 4. The van der Waals surface area contributed by atoms with Crippen molar-refractivity contribution in [1.29, 1.82) is 0 Å². The maximum Gasteiger partial charge on any atom is 0.237 e. The number of benzene rings is 2. The van der Waals surface area contributed by atoms with Crippen molar-refractivity contribution in [3.05, 3.63) is 73.1 Å². The highest BCUT2D eigenvalue weighted by atomic mass is 32.2. The number of carbonyl (C=O) groups is 1. The van der Waals surface area contributed by atoms with Gasteiger partial charge in [0.25, 0.3) is 0 Å². The second-order valence-corrected chi connectivity index (χ2v) is 8.06. The molecule has 3 aromatic rings. The van der Waals surface area contributed by atoms with Crippen LogP contribution < -0.4 is 10.2 Å². The van der Waals surface area contributed by atoms with Crippen LogP contribution in [-0.2, 0) is 11.3 Å². The standard InChI is InChI=1S/C23H27N5OS/c1-5-15-27-18(4)25-26-23(27)30-16-22(29)28(17(2)3)21-13-11-20(12-14-21)24-19-9-7-6-8-10-19/h5-14,17,24H,1,15-16H2,2-4H3. The molecule has 3 rings (SSSR count). The highest BCUT2D eigenvalue weighted by molar-refractivity contribution is 7.99. The summed E-state index contributed by atoms with van der Waals surface area (Å²) in [6.07, 6.45) is 1.80. The molecule has 1 amide bonds. The van der Waals surface area contributed by atoms with Gasteiger partial charge in [0, 0.05) is 29.6 Å². The third-order valence-electron chi connectivity index (χ3n) is 4.53. The van der Waals surface area contributed by atoms with Crippen molar-refractivity contribution < 1.29 is 4.79 Å². The van der Waals surface area contributed by atoms with Crippen molar-refractivity contribution in [3.8, 4) is 0 Å². The summed E-state index contributed by atoms with van der Waals surface area (Å²) < 4.78 is 1.95. The fourth-order valence-corrected chi connectivity index (χ4v) is 3.98. The van der Waals surface area contributed by atoms with Gasteiger partial charge in [-0.2, -0.15) is 0 Å². The third-order valence-corrected chi connectivity index (χ3v) is 5.48. The van der Waals surface area contributed by atoms with Gasteiger partial charge in [0.05, 0.1) is 5.75 Å². The largest absolute Gasteiger partial charge is 0.356 e. The van der Waals surface area contributed by atoms with Gasteiger partial charge in [-0.3, -0.25) is 4.79 Å². The Labute approximate surface area is 182 Å². The van der Waals surface area contributed by atoms with E-state index in [1.54, 1.807) is 6.08 Å². The molecule has 1 N–H and O–H groups in total. The Balaban J connectivity index is 1.69. The summed E-state index contributed by atoms with van der Waals surface area (Å²) in [6, 6.07) is 18.0. The van der Waals surface area contributed by atoms with Gasteiger partial charge in [0.1, 0.15) is 5.82 Å². The Hall–Kier alpha value is -3.06. The number of para-hydroxylation sites is 1. The lowest BCUT2D eigenvalue weighted by atomic mass is 10.2. The molecule has 156 valence electrons. The Morgan fingerprint density at radius 3 is 2.43 bits per heavy atom. The van der Waals surface area contributed by atoms with Crippen LogP contribution >= 0.6 is 11.8 Å². The molecule has 1 aromatic heterocycles. The van der Waals surface area contributed by atoms with Crippen molar-refractivity contribution in [1.82, 2.24) is 14.8 Å². The second-order valence-electron chi connectivity index (χ2n) is 7.11. The van der Waals surface area contributed by atoms with E-state index in [0.29, 0.717) is 6.54 Å². The van der Waals surface area contributed by atoms with Crippen LogP contribution in [0.5, 0.6) is 0 Å². The van der Waals surface area contributed by atoms with E-state index in [9.17, 15) is 4.79 Å². The first-order valence-electron chi connectivity index (χ1n) is 9.87. The summed E-state index contributed by atoms with van der Waals surface area (Å²) in [7, 11) is 0. The van der Waals surface area contributed by atoms with Gasteiger partial charge in [0.15, 0.2) is 5.16 Å². The van der Waals surface area contributed by atoms with E-state index in [-0.39, 0.29) is 17.7 Å². The molecule has 0 aliphatic heterocycles. The molecular weight excluding hydrogens is 394 g/mol. The van der Waals surface area contributed by atoms with Crippen LogP contribution in [0, 0.1) is 6.92 Å². The van der Waals surface area contributed by atoms with E-state index in [0.717, 1.165) is 28.0 Å². The number of anilines is 3. The number of amides is 1. The second kappa shape index (κ2) is 10.1. The van der Waals surface area contributed by atoms with Gasteiger partial charge in [-0.05, 0) is 57.2 Å². The van der Waals surface area contributed by atoms with E-state index in [1.165, 1.54) is 11.8 Å². The predicted molar refractivity (Wildman–Crippen MR) is 124 cm³/mol. The molecule has 0 saturated carbocycles. The van der Waals surface area contributed by atoms with E-state index in [1.807, 2.05) is 84.8 Å². The molecule has 0 unspecified atom stereocenters. The van der Waals surface area contributed by atoms with Crippen LogP contribution in [0.1, 0.15) is 19.7 Å². The fourth-order valence-electron chi connectivity index (χ4n) is 3.13. The lowest BCUT2D eigenvalue weighted by Gasteiger charge is -2.27. The zero-order valence-corrected chi connectivity index (χ0v) is 18.4. The number of aryl methyl sites for hydroxylation is 1. The Morgan fingerprint density at radius 1 is 1.13 bits per heavy atom. The summed E-state index contributed by atoms with van der Waals surface area (Å²) in [5.74, 6) is 1.13. The molecule has 0 fully saturated rings. The predicted octanol–water partition coefficient (Wildman–Crippen LogP) is 5.05. The summed E-state index contributed by atoms with van der Waals surface area (Å²) in [4.78, 5) is 14.8. The number of carbonyl (C=O) groups excluding carboxylic acids is 1. The fraction of sp³-hybridized carbons (Fsp3) is 0.261. The van der Waals surface area contributed by atoms with Crippen molar-refractivity contribution >= 4 is 34.7 Å². The Bertz CT molecular complexity index is 983. The normalized spacial score (nSPS) is 10.8. The molecule has 0 radical (unpaired) electrons. The quantitative estimate of drug-likeness (QED) is 0.387. The van der Waals surface area contributed by atoms with Crippen LogP contribution in [0.25, 0.3) is 0 Å². The van der Waals surface area contributed by atoms with E-state index in [4.69, 9.17) is 0 Å². The van der Waals surface area contributed by atoms with Crippen LogP contribution in [0.15, 0.2) is 72.4 Å². The van der Waals surface area contributed by atoms with E-state index >= 15 is 0 Å². The maximum atomic E-state index is 13.0. The lowest BCUT2D eigenvalue weighted by Crippen LogP contribution is -2.38. The SMILES string of the molecule is C=CCn1c(C)nnc1SCC(=O)N(c1ccc(Nc2ccccc2)cc1)C(C)C. The topological polar surface area (TPSA) is 63.1 Å². The number of allylic oxidation sites excluding steroid dienone is 1. The van der Waals surface area contributed by atoms with Crippen LogP contribution in [0.4, 0.5) is 17.1 Å². The minimum absolute atomic E-state index is 0.0320. The van der Waals surface area contributed by atoms with Crippen LogP contribution in [-0.4, -0.2) is 32.5 Å². The third kappa shape index (κ3) is 5.30. The number of hydrogen-bond acceptors (Lipinski definition) is 5. The number of aromatic nitrogens is 3. The smallest absolute Gasteiger partial charge is 0.237 e. The monoisotopic (exact) mass is 421 g/mol. The van der Waals surface area contributed by atoms with Gasteiger partial charge < -0.3 is 14.8 Å². The Morgan fingerprint density at radius 2 is 1.80 bits per heavy atom. The molecule has 1 heterocycles. The van der Waals surface area contributed by atoms with E-state index in [2.05, 4.69) is 22.1 Å². The van der Waals surface area contributed by atoms with E-state index < -0.39 is 0 Å².